The number of hydrogen-bond acceptors (Lipinski definition) is 5. The molecule has 4 rings (SSSR count). The first-order valence-electron chi connectivity index (χ1n) is 11.2. The highest BCUT2D eigenvalue weighted by atomic mass is 16.5. The van der Waals surface area contributed by atoms with Crippen molar-refractivity contribution in [2.24, 2.45) is 0 Å². The van der Waals surface area contributed by atoms with Crippen molar-refractivity contribution in [3.8, 4) is 5.75 Å². The van der Waals surface area contributed by atoms with Gasteiger partial charge in [-0.2, -0.15) is 0 Å². The molecule has 0 bridgehead atoms. The van der Waals surface area contributed by atoms with E-state index < -0.39 is 0 Å². The molecule has 34 heavy (non-hydrogen) atoms. The minimum absolute atomic E-state index is 0.162. The van der Waals surface area contributed by atoms with E-state index >= 15 is 0 Å². The maximum Gasteiger partial charge on any atom is 0.289 e. The summed E-state index contributed by atoms with van der Waals surface area (Å²) in [4.78, 5) is 41.6. The van der Waals surface area contributed by atoms with Gasteiger partial charge >= 0.3 is 0 Å². The average molecular weight is 462 g/mol. The number of furan rings is 1. The molecule has 8 heteroatoms. The molecule has 3 aromatic rings. The summed E-state index contributed by atoms with van der Waals surface area (Å²) in [6.07, 6.45) is 2.34. The van der Waals surface area contributed by atoms with E-state index in [-0.39, 0.29) is 17.7 Å². The quantitative estimate of drug-likeness (QED) is 0.582. The van der Waals surface area contributed by atoms with Gasteiger partial charge in [-0.05, 0) is 48.4 Å². The fraction of sp³-hybridized carbons (Fsp3) is 0.269. The minimum atomic E-state index is -0.179. The Morgan fingerprint density at radius 3 is 2.21 bits per heavy atom. The number of methoxy groups -OCH3 is 1. The van der Waals surface area contributed by atoms with Crippen molar-refractivity contribution in [3.63, 3.8) is 0 Å². The lowest BCUT2D eigenvalue weighted by Crippen LogP contribution is -2.50. The van der Waals surface area contributed by atoms with Gasteiger partial charge in [-0.15, -0.1) is 0 Å². The summed E-state index contributed by atoms with van der Waals surface area (Å²) in [6.45, 7) is 1.65. The van der Waals surface area contributed by atoms with E-state index in [0.29, 0.717) is 56.0 Å². The van der Waals surface area contributed by atoms with Crippen LogP contribution in [0, 0.1) is 0 Å². The molecule has 8 nitrogen and oxygen atoms in total. The van der Waals surface area contributed by atoms with Crippen molar-refractivity contribution in [2.45, 2.75) is 12.8 Å². The number of amides is 3. The first-order chi connectivity index (χ1) is 16.5. The molecule has 1 aliphatic rings. The molecule has 2 aromatic carbocycles. The summed E-state index contributed by atoms with van der Waals surface area (Å²) < 4.78 is 10.3. The van der Waals surface area contributed by atoms with Gasteiger partial charge < -0.3 is 24.3 Å². The number of nitrogens with one attached hydrogen (secondary N) is 1. The van der Waals surface area contributed by atoms with Gasteiger partial charge in [0.1, 0.15) is 5.75 Å². The molecule has 1 fully saturated rings. The Labute approximate surface area is 198 Å². The molecule has 0 atom stereocenters. The van der Waals surface area contributed by atoms with Gasteiger partial charge in [-0.25, -0.2) is 0 Å². The summed E-state index contributed by atoms with van der Waals surface area (Å²) in [6, 6.07) is 17.9. The lowest BCUT2D eigenvalue weighted by Gasteiger charge is -2.34. The first kappa shape index (κ1) is 23.1. The van der Waals surface area contributed by atoms with Crippen LogP contribution < -0.4 is 10.1 Å². The van der Waals surface area contributed by atoms with Gasteiger partial charge in [0.25, 0.3) is 11.8 Å². The lowest BCUT2D eigenvalue weighted by molar-refractivity contribution is -0.116. The summed E-state index contributed by atoms with van der Waals surface area (Å²) in [7, 11) is 1.61. The maximum atomic E-state index is 13.2. The van der Waals surface area contributed by atoms with Crippen molar-refractivity contribution in [1.82, 2.24) is 9.80 Å². The number of piperazine rings is 1. The van der Waals surface area contributed by atoms with Crippen LogP contribution in [0.2, 0.25) is 0 Å². The standard InChI is InChI=1S/C26H27N3O5/c1-33-20-11-8-19(9-12-20)10-13-24(30)27-22-6-3-2-5-21(22)25(31)28-14-16-29(17-15-28)26(32)23-7-4-18-34-23/h2-9,11-12,18H,10,13-17H2,1H3,(H,27,30). The van der Waals surface area contributed by atoms with Crippen LogP contribution in [0.15, 0.2) is 71.3 Å². The number of nitrogens with zero attached hydrogens (tertiary/aromatic N) is 2. The monoisotopic (exact) mass is 461 g/mol. The Morgan fingerprint density at radius 1 is 0.882 bits per heavy atom. The van der Waals surface area contributed by atoms with Gasteiger partial charge in [0.05, 0.1) is 24.6 Å². The normalized spacial score (nSPS) is 13.4. The number of ether oxygens (including phenoxy) is 1. The maximum absolute atomic E-state index is 13.2. The number of hydrogen-bond donors (Lipinski definition) is 1. The molecule has 176 valence electrons. The molecular weight excluding hydrogens is 434 g/mol. The van der Waals surface area contributed by atoms with Crippen molar-refractivity contribution in [2.75, 3.05) is 38.6 Å². The summed E-state index contributed by atoms with van der Waals surface area (Å²) in [5.41, 5.74) is 1.95. The van der Waals surface area contributed by atoms with E-state index in [1.54, 1.807) is 53.3 Å². The van der Waals surface area contributed by atoms with Crippen LogP contribution in [-0.4, -0.2) is 60.8 Å². The zero-order chi connectivity index (χ0) is 23.9. The predicted octanol–water partition coefficient (Wildman–Crippen LogP) is 3.46. The highest BCUT2D eigenvalue weighted by Crippen LogP contribution is 2.20. The Balaban J connectivity index is 1.33. The molecule has 0 aliphatic carbocycles. The smallest absolute Gasteiger partial charge is 0.289 e. The van der Waals surface area contributed by atoms with E-state index in [2.05, 4.69) is 5.32 Å². The van der Waals surface area contributed by atoms with Gasteiger partial charge in [-0.3, -0.25) is 14.4 Å². The van der Waals surface area contributed by atoms with E-state index in [1.807, 2.05) is 24.3 Å². The summed E-state index contributed by atoms with van der Waals surface area (Å²) in [5, 5.41) is 2.88. The molecule has 1 saturated heterocycles. The fourth-order valence-corrected chi connectivity index (χ4v) is 3.88. The van der Waals surface area contributed by atoms with Crippen LogP contribution in [-0.2, 0) is 11.2 Å². The number of anilines is 1. The van der Waals surface area contributed by atoms with Crippen molar-refractivity contribution < 1.29 is 23.5 Å². The molecule has 1 aliphatic heterocycles. The molecule has 0 spiro atoms. The van der Waals surface area contributed by atoms with Crippen LogP contribution in [0.5, 0.6) is 5.75 Å². The fourth-order valence-electron chi connectivity index (χ4n) is 3.88. The Kier molecular flexibility index (Phi) is 7.27. The Bertz CT molecular complexity index is 1130. The molecule has 3 amide bonds. The predicted molar refractivity (Wildman–Crippen MR) is 127 cm³/mol. The molecule has 0 saturated carbocycles. The second kappa shape index (κ2) is 10.7. The van der Waals surface area contributed by atoms with Crippen LogP contribution in [0.3, 0.4) is 0 Å². The number of aryl methyl sites for hydroxylation is 1. The van der Waals surface area contributed by atoms with Crippen molar-refractivity contribution >= 4 is 23.4 Å². The highest BCUT2D eigenvalue weighted by molar-refractivity contribution is 6.04. The zero-order valence-corrected chi connectivity index (χ0v) is 19.0. The highest BCUT2D eigenvalue weighted by Gasteiger charge is 2.27. The first-order valence-corrected chi connectivity index (χ1v) is 11.2. The summed E-state index contributed by atoms with van der Waals surface area (Å²) in [5.74, 6) is 0.553. The van der Waals surface area contributed by atoms with Gasteiger partial charge in [-0.1, -0.05) is 24.3 Å². The van der Waals surface area contributed by atoms with E-state index in [4.69, 9.17) is 9.15 Å². The van der Waals surface area contributed by atoms with E-state index in [9.17, 15) is 14.4 Å². The van der Waals surface area contributed by atoms with Gasteiger partial charge in [0.15, 0.2) is 5.76 Å². The molecule has 1 N–H and O–H groups in total. The Hall–Kier alpha value is -4.07. The second-order valence-corrected chi connectivity index (χ2v) is 8.00. The van der Waals surface area contributed by atoms with Gasteiger partial charge in [0.2, 0.25) is 5.91 Å². The Morgan fingerprint density at radius 2 is 1.56 bits per heavy atom. The third-order valence-corrected chi connectivity index (χ3v) is 5.82. The van der Waals surface area contributed by atoms with Crippen LogP contribution in [0.25, 0.3) is 0 Å². The van der Waals surface area contributed by atoms with Crippen LogP contribution >= 0.6 is 0 Å². The number of carbonyl (C=O) groups is 3. The number of carbonyl (C=O) groups excluding carboxylic acids is 3. The minimum Gasteiger partial charge on any atom is -0.497 e. The SMILES string of the molecule is COc1ccc(CCC(=O)Nc2ccccc2C(=O)N2CCN(C(=O)c3ccco3)CC2)cc1. The summed E-state index contributed by atoms with van der Waals surface area (Å²) >= 11 is 0. The number of benzene rings is 2. The molecular formula is C26H27N3O5. The lowest BCUT2D eigenvalue weighted by atomic mass is 10.1. The van der Waals surface area contributed by atoms with Gasteiger partial charge in [0, 0.05) is 32.6 Å². The van der Waals surface area contributed by atoms with Crippen molar-refractivity contribution in [1.29, 1.82) is 0 Å². The second-order valence-electron chi connectivity index (χ2n) is 8.00. The largest absolute Gasteiger partial charge is 0.497 e. The van der Waals surface area contributed by atoms with E-state index in [0.717, 1.165) is 11.3 Å². The molecule has 2 heterocycles. The third kappa shape index (κ3) is 5.46. The zero-order valence-electron chi connectivity index (χ0n) is 19.0. The van der Waals surface area contributed by atoms with E-state index in [1.165, 1.54) is 6.26 Å². The van der Waals surface area contributed by atoms with Crippen LogP contribution in [0.4, 0.5) is 5.69 Å². The number of para-hydroxylation sites is 1. The topological polar surface area (TPSA) is 92.1 Å². The molecule has 0 radical (unpaired) electrons. The number of rotatable bonds is 7. The van der Waals surface area contributed by atoms with Crippen molar-refractivity contribution in [3.05, 3.63) is 83.8 Å². The third-order valence-electron chi connectivity index (χ3n) is 5.82. The molecule has 0 unspecified atom stereocenters. The average Bonchev–Trinajstić information content (AvgIpc) is 3.42. The van der Waals surface area contributed by atoms with Crippen LogP contribution in [0.1, 0.15) is 32.9 Å². The molecule has 1 aromatic heterocycles.